The number of amides is 2. The summed E-state index contributed by atoms with van der Waals surface area (Å²) in [6.45, 7) is 1.97. The van der Waals surface area contributed by atoms with Gasteiger partial charge >= 0.3 is 11.9 Å². The number of hydrogen-bond acceptors (Lipinski definition) is 6. The highest BCUT2D eigenvalue weighted by Gasteiger charge is 2.22. The molecule has 0 aliphatic rings. The molecule has 2 atom stereocenters. The van der Waals surface area contributed by atoms with Crippen LogP contribution in [0.5, 0.6) is 0 Å². The molecular weight excluding hydrogens is 358 g/mol. The number of ketones is 1. The Morgan fingerprint density at radius 2 is 1.48 bits per heavy atom. The summed E-state index contributed by atoms with van der Waals surface area (Å²) in [5.74, 6) is -3.34. The Labute approximate surface area is 157 Å². The predicted octanol–water partition coefficient (Wildman–Crippen LogP) is -0.206. The van der Waals surface area contributed by atoms with Gasteiger partial charge in [-0.05, 0) is 32.6 Å². The maximum absolute atomic E-state index is 11.7. The van der Waals surface area contributed by atoms with Crippen LogP contribution in [0.25, 0.3) is 0 Å². The van der Waals surface area contributed by atoms with E-state index in [0.29, 0.717) is 13.0 Å². The lowest BCUT2D eigenvalue weighted by atomic mass is 10.1. The summed E-state index contributed by atoms with van der Waals surface area (Å²) in [5.41, 5.74) is 5.28. The van der Waals surface area contributed by atoms with E-state index < -0.39 is 29.9 Å². The van der Waals surface area contributed by atoms with Gasteiger partial charge in [-0.2, -0.15) is 0 Å². The molecule has 0 rings (SSSR count). The Hall–Kier alpha value is -2.49. The molecule has 0 aromatic heterocycles. The average molecular weight is 387 g/mol. The van der Waals surface area contributed by atoms with Gasteiger partial charge in [-0.1, -0.05) is 6.42 Å². The third-order valence-electron chi connectivity index (χ3n) is 3.82. The number of nitrogens with one attached hydrogen (secondary N) is 2. The number of Topliss-reactive ketones (excluding diaryl/α,β-unsaturated/α-hetero) is 1. The van der Waals surface area contributed by atoms with Crippen LogP contribution < -0.4 is 16.4 Å². The lowest BCUT2D eigenvalue weighted by Gasteiger charge is -2.15. The van der Waals surface area contributed by atoms with Crippen molar-refractivity contribution in [1.82, 2.24) is 10.6 Å². The van der Waals surface area contributed by atoms with Gasteiger partial charge in [0.2, 0.25) is 11.8 Å². The predicted molar refractivity (Wildman–Crippen MR) is 95.8 cm³/mol. The first-order valence-electron chi connectivity index (χ1n) is 8.90. The largest absolute Gasteiger partial charge is 0.480 e. The number of carbonyl (C=O) groups excluding carboxylic acids is 3. The molecule has 0 aromatic carbocycles. The highest BCUT2D eigenvalue weighted by Crippen LogP contribution is 2.02. The van der Waals surface area contributed by atoms with Crippen molar-refractivity contribution in [3.8, 4) is 0 Å². The number of rotatable bonds is 15. The molecule has 0 aromatic rings. The molecule has 10 heteroatoms. The van der Waals surface area contributed by atoms with Crippen LogP contribution in [0.4, 0.5) is 0 Å². The van der Waals surface area contributed by atoms with Crippen LogP contribution in [0, 0.1) is 0 Å². The molecule has 0 saturated heterocycles. The Kier molecular flexibility index (Phi) is 12.4. The van der Waals surface area contributed by atoms with Crippen LogP contribution in [0.1, 0.15) is 58.3 Å². The van der Waals surface area contributed by atoms with E-state index in [4.69, 9.17) is 15.9 Å². The minimum atomic E-state index is -1.28. The second kappa shape index (κ2) is 13.7. The first-order chi connectivity index (χ1) is 12.6. The summed E-state index contributed by atoms with van der Waals surface area (Å²) in [6, 6.07) is -2.43. The van der Waals surface area contributed by atoms with Gasteiger partial charge in [-0.25, -0.2) is 4.79 Å². The van der Waals surface area contributed by atoms with Gasteiger partial charge in [0.1, 0.15) is 17.9 Å². The number of unbranched alkanes of at least 4 members (excludes halogenated alkanes) is 2. The van der Waals surface area contributed by atoms with Gasteiger partial charge in [0, 0.05) is 25.8 Å². The zero-order chi connectivity index (χ0) is 20.8. The summed E-state index contributed by atoms with van der Waals surface area (Å²) in [6.07, 6.45) is 2.34. The fourth-order valence-electron chi connectivity index (χ4n) is 2.20. The highest BCUT2D eigenvalue weighted by molar-refractivity contribution is 5.85. The van der Waals surface area contributed by atoms with Gasteiger partial charge in [0.25, 0.3) is 0 Å². The molecule has 154 valence electrons. The third-order valence-corrected chi connectivity index (χ3v) is 3.82. The van der Waals surface area contributed by atoms with Crippen LogP contribution in [-0.2, 0) is 24.0 Å². The fraction of sp³-hybridized carbons (Fsp3) is 0.706. The maximum Gasteiger partial charge on any atom is 0.326 e. The molecule has 2 amide bonds. The zero-order valence-corrected chi connectivity index (χ0v) is 15.5. The van der Waals surface area contributed by atoms with Crippen LogP contribution in [0.3, 0.4) is 0 Å². The molecule has 0 fully saturated rings. The quantitative estimate of drug-likeness (QED) is 0.240. The van der Waals surface area contributed by atoms with E-state index in [9.17, 15) is 24.0 Å². The van der Waals surface area contributed by atoms with Crippen LogP contribution in [0.2, 0.25) is 0 Å². The van der Waals surface area contributed by atoms with Crippen molar-refractivity contribution in [1.29, 1.82) is 0 Å². The van der Waals surface area contributed by atoms with Gasteiger partial charge < -0.3 is 31.4 Å². The lowest BCUT2D eigenvalue weighted by Crippen LogP contribution is -2.42. The monoisotopic (exact) mass is 387 g/mol. The Bertz CT molecular complexity index is 537. The smallest absolute Gasteiger partial charge is 0.326 e. The van der Waals surface area contributed by atoms with Crippen molar-refractivity contribution in [2.75, 3.05) is 6.54 Å². The zero-order valence-electron chi connectivity index (χ0n) is 15.5. The number of carboxylic acid groups (broad SMARTS) is 2. The van der Waals surface area contributed by atoms with E-state index in [-0.39, 0.29) is 37.4 Å². The van der Waals surface area contributed by atoms with Gasteiger partial charge in [-0.3, -0.25) is 14.4 Å². The Morgan fingerprint density at radius 3 is 2.04 bits per heavy atom. The average Bonchev–Trinajstić information content (AvgIpc) is 2.58. The van der Waals surface area contributed by atoms with E-state index in [1.807, 2.05) is 0 Å². The highest BCUT2D eigenvalue weighted by atomic mass is 16.4. The molecule has 6 N–H and O–H groups in total. The van der Waals surface area contributed by atoms with Crippen molar-refractivity contribution in [2.45, 2.75) is 70.4 Å². The first-order valence-corrected chi connectivity index (χ1v) is 8.90. The third kappa shape index (κ3) is 13.4. The van der Waals surface area contributed by atoms with E-state index in [1.165, 1.54) is 6.92 Å². The van der Waals surface area contributed by atoms with Crippen molar-refractivity contribution in [2.24, 2.45) is 5.73 Å². The molecule has 0 aliphatic heterocycles. The summed E-state index contributed by atoms with van der Waals surface area (Å²) in [4.78, 5) is 56.0. The van der Waals surface area contributed by atoms with Gasteiger partial charge in [0.15, 0.2) is 0 Å². The number of nitrogens with two attached hydrogens (primary N) is 1. The summed E-state index contributed by atoms with van der Waals surface area (Å²) < 4.78 is 0. The molecule has 10 nitrogen and oxygen atoms in total. The van der Waals surface area contributed by atoms with Gasteiger partial charge in [-0.15, -0.1) is 0 Å². The lowest BCUT2D eigenvalue weighted by molar-refractivity contribution is -0.142. The fourth-order valence-corrected chi connectivity index (χ4v) is 2.20. The summed E-state index contributed by atoms with van der Waals surface area (Å²) in [7, 11) is 0. The SMILES string of the molecule is CC(=O)CCCCCNC(=O)CC[C@H](NC(=O)CC[C@H](N)C(=O)O)C(=O)O. The summed E-state index contributed by atoms with van der Waals surface area (Å²) >= 11 is 0. The molecule has 0 aliphatic carbocycles. The van der Waals surface area contributed by atoms with Crippen molar-refractivity contribution < 1.29 is 34.2 Å². The first kappa shape index (κ1) is 24.5. The standard InChI is InChI=1S/C17H29N3O7/c1-11(21)5-3-2-4-10-19-14(22)9-7-13(17(26)27)20-15(23)8-6-12(18)16(24)25/h12-13H,2-10,18H2,1H3,(H,19,22)(H,20,23)(H,24,25)(H,26,27)/t12-,13-/m0/s1. The second-order valence-corrected chi connectivity index (χ2v) is 6.34. The molecule has 0 radical (unpaired) electrons. The summed E-state index contributed by atoms with van der Waals surface area (Å²) in [5, 5.41) is 22.7. The minimum absolute atomic E-state index is 0.0701. The van der Waals surface area contributed by atoms with E-state index in [1.54, 1.807) is 0 Å². The number of carbonyl (C=O) groups is 5. The number of hydrogen-bond donors (Lipinski definition) is 5. The second-order valence-electron chi connectivity index (χ2n) is 6.34. The molecule has 0 saturated carbocycles. The van der Waals surface area contributed by atoms with E-state index >= 15 is 0 Å². The Balaban J connectivity index is 4.07. The van der Waals surface area contributed by atoms with E-state index in [2.05, 4.69) is 10.6 Å². The molecule has 0 unspecified atom stereocenters. The van der Waals surface area contributed by atoms with Crippen LogP contribution >= 0.6 is 0 Å². The van der Waals surface area contributed by atoms with Gasteiger partial charge in [0.05, 0.1) is 0 Å². The molecule has 0 bridgehead atoms. The van der Waals surface area contributed by atoms with Crippen LogP contribution in [0.15, 0.2) is 0 Å². The maximum atomic E-state index is 11.7. The topological polar surface area (TPSA) is 176 Å². The van der Waals surface area contributed by atoms with E-state index in [0.717, 1.165) is 19.3 Å². The van der Waals surface area contributed by atoms with Crippen LogP contribution in [-0.4, -0.2) is 58.4 Å². The molecular formula is C17H29N3O7. The van der Waals surface area contributed by atoms with Crippen molar-refractivity contribution >= 4 is 29.5 Å². The number of carboxylic acids is 2. The van der Waals surface area contributed by atoms with Crippen molar-refractivity contribution in [3.63, 3.8) is 0 Å². The molecule has 0 heterocycles. The Morgan fingerprint density at radius 1 is 0.852 bits per heavy atom. The molecule has 27 heavy (non-hydrogen) atoms. The molecule has 0 spiro atoms. The minimum Gasteiger partial charge on any atom is -0.480 e. The van der Waals surface area contributed by atoms with Crippen molar-refractivity contribution in [3.05, 3.63) is 0 Å². The normalized spacial score (nSPS) is 12.7. The number of aliphatic carboxylic acids is 2.